The Morgan fingerprint density at radius 1 is 1.29 bits per heavy atom. The van der Waals surface area contributed by atoms with E-state index in [1.54, 1.807) is 16.8 Å². The number of nitrogens with zero attached hydrogens (tertiary/aromatic N) is 3. The Labute approximate surface area is 141 Å². The van der Waals surface area contributed by atoms with Gasteiger partial charge in [-0.2, -0.15) is 5.10 Å². The van der Waals surface area contributed by atoms with Crippen molar-refractivity contribution in [2.24, 2.45) is 7.05 Å². The number of carbonyl (C=O) groups excluding carboxylic acids is 2. The minimum absolute atomic E-state index is 0.172. The largest absolute Gasteiger partial charge is 0.350 e. The third-order valence-electron chi connectivity index (χ3n) is 3.53. The Morgan fingerprint density at radius 2 is 2.04 bits per heavy atom. The SMILES string of the molecule is Cc1cccc(NC(=O)CCNC(=O)c2cc(C(C)C)n(C)n2)n1. The number of hydrogen-bond acceptors (Lipinski definition) is 4. The number of nitrogens with one attached hydrogen (secondary N) is 2. The fourth-order valence-corrected chi connectivity index (χ4v) is 2.33. The minimum Gasteiger partial charge on any atom is -0.350 e. The maximum Gasteiger partial charge on any atom is 0.271 e. The summed E-state index contributed by atoms with van der Waals surface area (Å²) >= 11 is 0. The first-order chi connectivity index (χ1) is 11.4. The molecule has 0 aliphatic carbocycles. The van der Waals surface area contributed by atoms with Crippen LogP contribution in [-0.4, -0.2) is 33.1 Å². The number of aromatic nitrogens is 3. The van der Waals surface area contributed by atoms with Gasteiger partial charge in [0.25, 0.3) is 5.91 Å². The minimum atomic E-state index is -0.279. The van der Waals surface area contributed by atoms with Crippen LogP contribution in [0.1, 0.15) is 48.1 Å². The van der Waals surface area contributed by atoms with Crippen LogP contribution in [0.25, 0.3) is 0 Å². The lowest BCUT2D eigenvalue weighted by Gasteiger charge is -2.05. The molecule has 0 aliphatic rings. The van der Waals surface area contributed by atoms with Crippen LogP contribution in [-0.2, 0) is 11.8 Å². The summed E-state index contributed by atoms with van der Waals surface area (Å²) in [6.07, 6.45) is 0.172. The molecule has 0 radical (unpaired) electrons. The lowest BCUT2D eigenvalue weighted by Crippen LogP contribution is -2.28. The van der Waals surface area contributed by atoms with Crippen LogP contribution in [0.4, 0.5) is 5.82 Å². The molecule has 2 rings (SSSR count). The lowest BCUT2D eigenvalue weighted by atomic mass is 10.1. The summed E-state index contributed by atoms with van der Waals surface area (Å²) in [6.45, 7) is 6.18. The summed E-state index contributed by atoms with van der Waals surface area (Å²) < 4.78 is 1.70. The van der Waals surface area contributed by atoms with Crippen LogP contribution >= 0.6 is 0 Å². The number of amides is 2. The summed E-state index contributed by atoms with van der Waals surface area (Å²) in [5, 5.41) is 9.61. The van der Waals surface area contributed by atoms with Gasteiger partial charge in [0.05, 0.1) is 0 Å². The number of rotatable bonds is 6. The number of hydrogen-bond donors (Lipinski definition) is 2. The number of carbonyl (C=O) groups is 2. The van der Waals surface area contributed by atoms with Crippen molar-refractivity contribution in [1.82, 2.24) is 20.1 Å². The second-order valence-corrected chi connectivity index (χ2v) is 5.95. The first kappa shape index (κ1) is 17.7. The van der Waals surface area contributed by atoms with Crippen molar-refractivity contribution in [2.75, 3.05) is 11.9 Å². The summed E-state index contributed by atoms with van der Waals surface area (Å²) in [6, 6.07) is 7.18. The maximum atomic E-state index is 12.1. The number of aryl methyl sites for hydroxylation is 2. The standard InChI is InChI=1S/C17H23N5O2/c1-11(2)14-10-13(21-22(14)4)17(24)18-9-8-16(23)20-15-7-5-6-12(3)19-15/h5-7,10-11H,8-9H2,1-4H3,(H,18,24)(H,19,20,23). The lowest BCUT2D eigenvalue weighted by molar-refractivity contribution is -0.116. The van der Waals surface area contributed by atoms with Gasteiger partial charge in [-0.25, -0.2) is 4.98 Å². The van der Waals surface area contributed by atoms with Gasteiger partial charge in [0.15, 0.2) is 0 Å². The van der Waals surface area contributed by atoms with E-state index in [1.807, 2.05) is 40.0 Å². The zero-order valence-corrected chi connectivity index (χ0v) is 14.5. The Hall–Kier alpha value is -2.70. The van der Waals surface area contributed by atoms with Gasteiger partial charge >= 0.3 is 0 Å². The molecule has 0 saturated heterocycles. The van der Waals surface area contributed by atoms with Gasteiger partial charge in [-0.3, -0.25) is 14.3 Å². The molecule has 0 fully saturated rings. The Kier molecular flexibility index (Phi) is 5.68. The average Bonchev–Trinajstić information content (AvgIpc) is 2.89. The summed E-state index contributed by atoms with van der Waals surface area (Å²) in [5.74, 6) is 0.325. The van der Waals surface area contributed by atoms with Gasteiger partial charge in [-0.1, -0.05) is 19.9 Å². The van der Waals surface area contributed by atoms with E-state index < -0.39 is 0 Å². The zero-order valence-electron chi connectivity index (χ0n) is 14.5. The second kappa shape index (κ2) is 7.72. The topological polar surface area (TPSA) is 88.9 Å². The van der Waals surface area contributed by atoms with Crippen molar-refractivity contribution in [3.05, 3.63) is 41.3 Å². The van der Waals surface area contributed by atoms with Crippen molar-refractivity contribution >= 4 is 17.6 Å². The molecule has 128 valence electrons. The fourth-order valence-electron chi connectivity index (χ4n) is 2.33. The molecule has 7 nitrogen and oxygen atoms in total. The number of anilines is 1. The molecule has 2 aromatic rings. The Morgan fingerprint density at radius 3 is 2.67 bits per heavy atom. The molecule has 0 aromatic carbocycles. The van der Waals surface area contributed by atoms with Crippen LogP contribution in [0.2, 0.25) is 0 Å². The van der Waals surface area contributed by atoms with E-state index in [9.17, 15) is 9.59 Å². The van der Waals surface area contributed by atoms with Gasteiger partial charge in [0.2, 0.25) is 5.91 Å². The van der Waals surface area contributed by atoms with Crippen LogP contribution in [0.15, 0.2) is 24.3 Å². The molecule has 2 N–H and O–H groups in total. The van der Waals surface area contributed by atoms with E-state index in [0.717, 1.165) is 11.4 Å². The van der Waals surface area contributed by atoms with E-state index in [0.29, 0.717) is 11.5 Å². The molecule has 7 heteroatoms. The molecule has 0 bridgehead atoms. The predicted octanol–water partition coefficient (Wildman–Crippen LogP) is 2.01. The predicted molar refractivity (Wildman–Crippen MR) is 91.9 cm³/mol. The molecule has 0 unspecified atom stereocenters. The Balaban J connectivity index is 1.82. The van der Waals surface area contributed by atoms with Crippen molar-refractivity contribution in [2.45, 2.75) is 33.1 Å². The fraction of sp³-hybridized carbons (Fsp3) is 0.412. The normalized spacial score (nSPS) is 10.7. The van der Waals surface area contributed by atoms with E-state index in [1.165, 1.54) is 0 Å². The van der Waals surface area contributed by atoms with E-state index in [4.69, 9.17) is 0 Å². The molecule has 0 saturated carbocycles. The van der Waals surface area contributed by atoms with Crippen molar-refractivity contribution < 1.29 is 9.59 Å². The summed E-state index contributed by atoms with van der Waals surface area (Å²) in [7, 11) is 1.81. The third kappa shape index (κ3) is 4.65. The smallest absolute Gasteiger partial charge is 0.271 e. The first-order valence-corrected chi connectivity index (χ1v) is 7.92. The molecular weight excluding hydrogens is 306 g/mol. The van der Waals surface area contributed by atoms with Gasteiger partial charge in [-0.15, -0.1) is 0 Å². The van der Waals surface area contributed by atoms with Crippen LogP contribution in [0, 0.1) is 6.92 Å². The van der Waals surface area contributed by atoms with Crippen molar-refractivity contribution in [3.8, 4) is 0 Å². The summed E-state index contributed by atoms with van der Waals surface area (Å²) in [4.78, 5) is 28.2. The van der Waals surface area contributed by atoms with Crippen molar-refractivity contribution in [1.29, 1.82) is 0 Å². The second-order valence-electron chi connectivity index (χ2n) is 5.95. The molecule has 2 amide bonds. The van der Waals surface area contributed by atoms with Crippen LogP contribution in [0.5, 0.6) is 0 Å². The highest BCUT2D eigenvalue weighted by atomic mass is 16.2. The van der Waals surface area contributed by atoms with Gasteiger partial charge in [-0.05, 0) is 31.0 Å². The van der Waals surface area contributed by atoms with Crippen molar-refractivity contribution in [3.63, 3.8) is 0 Å². The highest BCUT2D eigenvalue weighted by Crippen LogP contribution is 2.14. The highest BCUT2D eigenvalue weighted by molar-refractivity contribution is 5.93. The zero-order chi connectivity index (χ0) is 17.7. The van der Waals surface area contributed by atoms with E-state index >= 15 is 0 Å². The monoisotopic (exact) mass is 329 g/mol. The van der Waals surface area contributed by atoms with E-state index in [2.05, 4.69) is 20.7 Å². The highest BCUT2D eigenvalue weighted by Gasteiger charge is 2.14. The Bertz CT molecular complexity index is 736. The van der Waals surface area contributed by atoms with Gasteiger partial charge in [0.1, 0.15) is 11.5 Å². The first-order valence-electron chi connectivity index (χ1n) is 7.92. The maximum absolute atomic E-state index is 12.1. The quantitative estimate of drug-likeness (QED) is 0.848. The van der Waals surface area contributed by atoms with Crippen LogP contribution < -0.4 is 10.6 Å². The molecule has 2 aromatic heterocycles. The van der Waals surface area contributed by atoms with Gasteiger partial charge < -0.3 is 10.6 Å². The molecular formula is C17H23N5O2. The molecule has 0 atom stereocenters. The molecule has 24 heavy (non-hydrogen) atoms. The van der Waals surface area contributed by atoms with E-state index in [-0.39, 0.29) is 30.7 Å². The van der Waals surface area contributed by atoms with Gasteiger partial charge in [0, 0.05) is 31.4 Å². The van der Waals surface area contributed by atoms with Crippen LogP contribution in [0.3, 0.4) is 0 Å². The summed E-state index contributed by atoms with van der Waals surface area (Å²) in [5.41, 5.74) is 2.18. The number of pyridine rings is 1. The third-order valence-corrected chi connectivity index (χ3v) is 3.53. The molecule has 2 heterocycles. The average molecular weight is 329 g/mol. The molecule has 0 spiro atoms. The molecule has 0 aliphatic heterocycles.